The van der Waals surface area contributed by atoms with Gasteiger partial charge in [0.25, 0.3) is 10.1 Å². The molecule has 0 aromatic heterocycles. The summed E-state index contributed by atoms with van der Waals surface area (Å²) in [5.74, 6) is -0.576. The number of hydrogen-bond acceptors (Lipinski definition) is 4. The Morgan fingerprint density at radius 3 is 2.12 bits per heavy atom. The fourth-order valence-corrected chi connectivity index (χ4v) is 1.33. The zero-order valence-corrected chi connectivity index (χ0v) is 10.6. The number of aliphatic hydroxyl groups excluding tert-OH is 1. The third kappa shape index (κ3) is 11.3. The van der Waals surface area contributed by atoms with Gasteiger partial charge in [-0.05, 0) is 18.9 Å². The highest BCUT2D eigenvalue weighted by molar-refractivity contribution is 7.85. The molecule has 98 valence electrons. The van der Waals surface area contributed by atoms with E-state index in [0.717, 1.165) is 6.42 Å². The molecule has 1 unspecified atom stereocenters. The summed E-state index contributed by atoms with van der Waals surface area (Å²) in [6.07, 6.45) is 0.973. The van der Waals surface area contributed by atoms with Crippen molar-refractivity contribution in [3.05, 3.63) is 35.9 Å². The molecule has 1 aromatic rings. The van der Waals surface area contributed by atoms with E-state index in [4.69, 9.17) is 15.4 Å². The number of aliphatic hydroxyl groups is 1. The van der Waals surface area contributed by atoms with Crippen LogP contribution in [-0.4, -0.2) is 36.5 Å². The first-order chi connectivity index (χ1) is 7.85. The summed E-state index contributed by atoms with van der Waals surface area (Å²) in [6.45, 7) is 1.49. The van der Waals surface area contributed by atoms with Gasteiger partial charge < -0.3 is 10.8 Å². The summed E-state index contributed by atoms with van der Waals surface area (Å²) in [4.78, 5) is 0. The van der Waals surface area contributed by atoms with E-state index in [1.165, 1.54) is 5.56 Å². The Morgan fingerprint density at radius 2 is 1.82 bits per heavy atom. The fourth-order valence-electron chi connectivity index (χ4n) is 1.10. The lowest BCUT2D eigenvalue weighted by Crippen LogP contribution is -2.17. The van der Waals surface area contributed by atoms with E-state index in [-0.39, 0.29) is 6.04 Å². The van der Waals surface area contributed by atoms with Crippen LogP contribution in [-0.2, 0) is 16.5 Å². The molecule has 5 nitrogen and oxygen atoms in total. The highest BCUT2D eigenvalue weighted by atomic mass is 32.2. The average molecular weight is 261 g/mol. The predicted molar refractivity (Wildman–Crippen MR) is 67.3 cm³/mol. The number of rotatable bonds is 4. The van der Waals surface area contributed by atoms with Gasteiger partial charge in [-0.3, -0.25) is 4.55 Å². The van der Waals surface area contributed by atoms with E-state index in [0.29, 0.717) is 0 Å². The van der Waals surface area contributed by atoms with Crippen LogP contribution in [0.25, 0.3) is 0 Å². The van der Waals surface area contributed by atoms with Crippen LogP contribution in [0.3, 0.4) is 0 Å². The Morgan fingerprint density at radius 1 is 1.29 bits per heavy atom. The van der Waals surface area contributed by atoms with Gasteiger partial charge in [-0.1, -0.05) is 30.3 Å². The lowest BCUT2D eigenvalue weighted by Gasteiger charge is -2.02. The third-order valence-electron chi connectivity index (χ3n) is 1.75. The number of hydrogen-bond donors (Lipinski definition) is 3. The maximum absolute atomic E-state index is 9.63. The highest BCUT2D eigenvalue weighted by Crippen LogP contribution is 2.00. The first kappa shape index (κ1) is 16.1. The van der Waals surface area contributed by atoms with Crippen molar-refractivity contribution in [1.29, 1.82) is 0 Å². The molecule has 0 saturated heterocycles. The minimum absolute atomic E-state index is 0.266. The topological polar surface area (TPSA) is 101 Å². The van der Waals surface area contributed by atoms with Crippen LogP contribution < -0.4 is 5.73 Å². The fraction of sp³-hybridized carbons (Fsp3) is 0.455. The normalized spacial score (nSPS) is 12.5. The van der Waals surface area contributed by atoms with Crippen molar-refractivity contribution in [2.24, 2.45) is 5.73 Å². The maximum Gasteiger partial charge on any atom is 0.267 e. The number of nitrogens with two attached hydrogens (primary N) is 1. The monoisotopic (exact) mass is 261 g/mol. The summed E-state index contributed by atoms with van der Waals surface area (Å²) in [7, 11) is -3.92. The van der Waals surface area contributed by atoms with Gasteiger partial charge in [-0.15, -0.1) is 0 Å². The molecule has 0 radical (unpaired) electrons. The molecular formula is C11H19NO4S. The molecule has 0 fully saturated rings. The van der Waals surface area contributed by atoms with Crippen LogP contribution in [0.15, 0.2) is 30.3 Å². The molecule has 0 bridgehead atoms. The quantitative estimate of drug-likeness (QED) is 0.683. The largest absolute Gasteiger partial charge is 0.395 e. The van der Waals surface area contributed by atoms with E-state index in [9.17, 15) is 8.42 Å². The van der Waals surface area contributed by atoms with Crippen LogP contribution in [0.4, 0.5) is 0 Å². The van der Waals surface area contributed by atoms with Crippen molar-refractivity contribution < 1.29 is 18.1 Å². The molecule has 1 aromatic carbocycles. The van der Waals surface area contributed by atoms with Gasteiger partial charge >= 0.3 is 0 Å². The molecule has 17 heavy (non-hydrogen) atoms. The molecular weight excluding hydrogens is 242 g/mol. The van der Waals surface area contributed by atoms with Gasteiger partial charge in [-0.2, -0.15) is 8.42 Å². The molecule has 0 aliphatic rings. The minimum Gasteiger partial charge on any atom is -0.395 e. The Balaban J connectivity index is 0.000000325. The molecule has 0 heterocycles. The van der Waals surface area contributed by atoms with E-state index in [2.05, 4.69) is 12.1 Å². The molecule has 0 aliphatic heterocycles. The van der Waals surface area contributed by atoms with Gasteiger partial charge in [0, 0.05) is 6.04 Å². The molecule has 0 aliphatic carbocycles. The summed E-state index contributed by atoms with van der Waals surface area (Å²) < 4.78 is 27.1. The first-order valence-electron chi connectivity index (χ1n) is 5.20. The molecule has 1 atom stereocenters. The second kappa shape index (κ2) is 8.19. The van der Waals surface area contributed by atoms with Crippen LogP contribution >= 0.6 is 0 Å². The van der Waals surface area contributed by atoms with Crippen LogP contribution in [0.5, 0.6) is 0 Å². The van der Waals surface area contributed by atoms with Crippen molar-refractivity contribution in [3.8, 4) is 0 Å². The lowest BCUT2D eigenvalue weighted by atomic mass is 10.1. The van der Waals surface area contributed by atoms with E-state index in [1.807, 2.05) is 25.1 Å². The molecule has 0 amide bonds. The SMILES string of the molecule is CC(N)Cc1ccccc1.O=S(=O)(O)CCO. The molecule has 6 heteroatoms. The Bertz CT molecular complexity index is 389. The predicted octanol–water partition coefficient (Wildman–Crippen LogP) is 0.443. The first-order valence-corrected chi connectivity index (χ1v) is 6.81. The van der Waals surface area contributed by atoms with Gasteiger partial charge in [0.1, 0.15) is 0 Å². The van der Waals surface area contributed by atoms with E-state index < -0.39 is 22.5 Å². The second-order valence-corrected chi connectivity index (χ2v) is 5.25. The maximum atomic E-state index is 9.63. The Labute approximate surface area is 102 Å². The van der Waals surface area contributed by atoms with Gasteiger partial charge in [-0.25, -0.2) is 0 Å². The van der Waals surface area contributed by atoms with Crippen LogP contribution in [0, 0.1) is 0 Å². The summed E-state index contributed by atoms with van der Waals surface area (Å²) in [5.41, 5.74) is 6.94. The van der Waals surface area contributed by atoms with Crippen LogP contribution in [0.1, 0.15) is 12.5 Å². The minimum atomic E-state index is -3.92. The van der Waals surface area contributed by atoms with Crippen molar-refractivity contribution in [2.45, 2.75) is 19.4 Å². The van der Waals surface area contributed by atoms with Crippen molar-refractivity contribution in [2.75, 3.05) is 12.4 Å². The van der Waals surface area contributed by atoms with E-state index >= 15 is 0 Å². The second-order valence-electron chi connectivity index (χ2n) is 3.68. The highest BCUT2D eigenvalue weighted by Gasteiger charge is 1.99. The summed E-state index contributed by atoms with van der Waals surface area (Å²) >= 11 is 0. The molecule has 4 N–H and O–H groups in total. The molecule has 1 rings (SSSR count). The zero-order chi connectivity index (χ0) is 13.3. The van der Waals surface area contributed by atoms with Gasteiger partial charge in [0.05, 0.1) is 12.4 Å². The molecule has 0 spiro atoms. The average Bonchev–Trinajstić information content (AvgIpc) is 2.17. The third-order valence-corrected chi connectivity index (χ3v) is 2.45. The van der Waals surface area contributed by atoms with Crippen molar-refractivity contribution in [1.82, 2.24) is 0 Å². The lowest BCUT2D eigenvalue weighted by molar-refractivity contribution is 0.315. The van der Waals surface area contributed by atoms with E-state index in [1.54, 1.807) is 0 Å². The molecule has 0 saturated carbocycles. The van der Waals surface area contributed by atoms with Crippen LogP contribution in [0.2, 0.25) is 0 Å². The van der Waals surface area contributed by atoms with Gasteiger partial charge in [0.2, 0.25) is 0 Å². The van der Waals surface area contributed by atoms with Crippen molar-refractivity contribution >= 4 is 10.1 Å². The Hall–Kier alpha value is -0.950. The smallest absolute Gasteiger partial charge is 0.267 e. The standard InChI is InChI=1S/C9H13N.C2H6O4S/c1-8(10)7-9-5-3-2-4-6-9;3-1-2-7(4,5)6/h2-6,8H,7,10H2,1H3;3H,1-2H2,(H,4,5,6). The Kier molecular flexibility index (Phi) is 7.73. The van der Waals surface area contributed by atoms with Crippen molar-refractivity contribution in [3.63, 3.8) is 0 Å². The summed E-state index contributed by atoms with van der Waals surface area (Å²) in [6, 6.07) is 10.6. The van der Waals surface area contributed by atoms with Gasteiger partial charge in [0.15, 0.2) is 0 Å². The zero-order valence-electron chi connectivity index (χ0n) is 9.78. The number of benzene rings is 1. The summed E-state index contributed by atoms with van der Waals surface area (Å²) in [5, 5.41) is 7.86.